The second-order valence-corrected chi connectivity index (χ2v) is 8.00. The van der Waals surface area contributed by atoms with E-state index in [0.717, 1.165) is 5.57 Å². The van der Waals surface area contributed by atoms with Crippen molar-refractivity contribution in [1.29, 1.82) is 0 Å². The zero-order valence-corrected chi connectivity index (χ0v) is 16.4. The van der Waals surface area contributed by atoms with Gasteiger partial charge in [0.2, 0.25) is 0 Å². The lowest BCUT2D eigenvalue weighted by atomic mass is 9.75. The van der Waals surface area contributed by atoms with Crippen LogP contribution in [0.2, 0.25) is 0 Å². The van der Waals surface area contributed by atoms with Crippen LogP contribution in [-0.4, -0.2) is 51.9 Å². The number of fused-ring (bicyclic) bond motifs is 3. The largest absolute Gasteiger partial charge is 0.458 e. The van der Waals surface area contributed by atoms with E-state index in [0.29, 0.717) is 5.57 Å². The van der Waals surface area contributed by atoms with E-state index in [1.807, 2.05) is 6.92 Å². The molecule has 0 bridgehead atoms. The summed E-state index contributed by atoms with van der Waals surface area (Å²) in [5.41, 5.74) is -0.0590. The number of hydrogen-bond acceptors (Lipinski definition) is 6. The van der Waals surface area contributed by atoms with Crippen LogP contribution in [0.3, 0.4) is 0 Å². The molecule has 1 saturated heterocycles. The Morgan fingerprint density at radius 2 is 2.19 bits per heavy atom. The molecule has 7 heteroatoms. The van der Waals surface area contributed by atoms with Gasteiger partial charge in [0, 0.05) is 29.4 Å². The summed E-state index contributed by atoms with van der Waals surface area (Å²) in [5.74, 6) is -2.92. The number of aliphatic hydroxyl groups excluding tert-OH is 1. The first-order valence-corrected chi connectivity index (χ1v) is 9.56. The fraction of sp³-hybridized carbons (Fsp3) is 0.600. The fourth-order valence-corrected chi connectivity index (χ4v) is 4.94. The van der Waals surface area contributed by atoms with E-state index in [1.165, 1.54) is 0 Å². The molecule has 3 aliphatic rings. The smallest absolute Gasteiger partial charge is 0.334 e. The zero-order chi connectivity index (χ0) is 20.1. The van der Waals surface area contributed by atoms with Crippen LogP contribution in [0, 0.1) is 17.8 Å². The van der Waals surface area contributed by atoms with Crippen LogP contribution in [0.5, 0.6) is 0 Å². The summed E-state index contributed by atoms with van der Waals surface area (Å²) in [6.07, 6.45) is 0.819. The van der Waals surface area contributed by atoms with Crippen LogP contribution < -0.4 is 0 Å². The average Bonchev–Trinajstić information content (AvgIpc) is 3.04. The number of carbonyl (C=O) groups is 2. The second-order valence-electron chi connectivity index (χ2n) is 7.73. The van der Waals surface area contributed by atoms with Crippen molar-refractivity contribution in [2.24, 2.45) is 17.8 Å². The van der Waals surface area contributed by atoms with Gasteiger partial charge in [-0.2, -0.15) is 0 Å². The molecule has 2 N–H and O–H groups in total. The van der Waals surface area contributed by atoms with Crippen LogP contribution in [0.15, 0.2) is 35.5 Å². The molecule has 27 heavy (non-hydrogen) atoms. The van der Waals surface area contributed by atoms with Gasteiger partial charge in [0.15, 0.2) is 0 Å². The maximum atomic E-state index is 12.4. The van der Waals surface area contributed by atoms with Gasteiger partial charge in [-0.05, 0) is 20.8 Å². The predicted molar refractivity (Wildman–Crippen MR) is 98.9 cm³/mol. The lowest BCUT2D eigenvalue weighted by molar-refractivity contribution is -0.150. The molecule has 3 rings (SSSR count). The summed E-state index contributed by atoms with van der Waals surface area (Å²) in [6.45, 7) is 9.01. The summed E-state index contributed by atoms with van der Waals surface area (Å²) in [4.78, 5) is 24.6. The molecule has 1 saturated carbocycles. The Hall–Kier alpha value is -1.63. The van der Waals surface area contributed by atoms with Crippen LogP contribution in [0.4, 0.5) is 0 Å². The Kier molecular flexibility index (Phi) is 5.27. The number of alkyl halides is 1. The molecule has 0 aromatic heterocycles. The highest BCUT2D eigenvalue weighted by molar-refractivity contribution is 6.18. The lowest BCUT2D eigenvalue weighted by Crippen LogP contribution is -2.49. The van der Waals surface area contributed by atoms with Gasteiger partial charge in [0.25, 0.3) is 0 Å². The molecule has 148 valence electrons. The van der Waals surface area contributed by atoms with E-state index in [2.05, 4.69) is 6.58 Å². The molecule has 1 heterocycles. The highest BCUT2D eigenvalue weighted by Crippen LogP contribution is 2.53. The summed E-state index contributed by atoms with van der Waals surface area (Å²) in [7, 11) is 0. The number of esters is 2. The fourth-order valence-electron chi connectivity index (χ4n) is 4.65. The first-order valence-electron chi connectivity index (χ1n) is 9.03. The SMILES string of the molecule is C=C1C(=O)O[C@H]2[C@H]3C(C)=C[C@H](O)[C@H]3[C@@](O)(CCl)C[C@@H](OC(=O)/C(C)=C/C)[C@@H]12. The quantitative estimate of drug-likeness (QED) is 0.327. The van der Waals surface area contributed by atoms with Crippen LogP contribution in [0.25, 0.3) is 0 Å². The van der Waals surface area contributed by atoms with E-state index in [-0.39, 0.29) is 17.9 Å². The van der Waals surface area contributed by atoms with Crippen molar-refractivity contribution in [2.45, 2.75) is 51.1 Å². The molecular formula is C20H25ClO6. The van der Waals surface area contributed by atoms with Crippen molar-refractivity contribution in [2.75, 3.05) is 5.88 Å². The third-order valence-electron chi connectivity index (χ3n) is 6.15. The number of aliphatic hydroxyl groups is 2. The molecule has 0 spiro atoms. The Balaban J connectivity index is 2.07. The topological polar surface area (TPSA) is 93.1 Å². The maximum absolute atomic E-state index is 12.4. The molecular weight excluding hydrogens is 372 g/mol. The van der Waals surface area contributed by atoms with Gasteiger partial charge in [0.05, 0.1) is 23.5 Å². The standard InChI is InChI=1S/C20H25ClO6/c1-5-9(2)18(23)26-13-7-20(25,8-21)16-12(22)6-10(3)14(16)17-15(13)11(4)19(24)27-17/h5-6,12-17,22,25H,4,7-8H2,1-3H3/b9-5+/t12-,13+,14-,15+,16+,17-,20-/m0/s1. The van der Waals surface area contributed by atoms with Crippen LogP contribution in [0.1, 0.15) is 27.2 Å². The van der Waals surface area contributed by atoms with Crippen molar-refractivity contribution in [3.8, 4) is 0 Å². The van der Waals surface area contributed by atoms with Gasteiger partial charge in [-0.25, -0.2) is 9.59 Å². The van der Waals surface area contributed by atoms with Gasteiger partial charge in [-0.15, -0.1) is 11.6 Å². The van der Waals surface area contributed by atoms with Gasteiger partial charge in [-0.3, -0.25) is 0 Å². The summed E-state index contributed by atoms with van der Waals surface area (Å²) >= 11 is 6.12. The summed E-state index contributed by atoms with van der Waals surface area (Å²) in [6, 6.07) is 0. The van der Waals surface area contributed by atoms with Crippen molar-refractivity contribution in [3.63, 3.8) is 0 Å². The average molecular weight is 397 g/mol. The molecule has 0 amide bonds. The molecule has 2 fully saturated rings. The number of halogens is 1. The Morgan fingerprint density at radius 1 is 1.52 bits per heavy atom. The van der Waals surface area contributed by atoms with Crippen LogP contribution >= 0.6 is 11.6 Å². The summed E-state index contributed by atoms with van der Waals surface area (Å²) in [5, 5.41) is 21.9. The van der Waals surface area contributed by atoms with E-state index < -0.39 is 53.6 Å². The minimum atomic E-state index is -1.49. The summed E-state index contributed by atoms with van der Waals surface area (Å²) < 4.78 is 11.2. The van der Waals surface area contributed by atoms with Crippen LogP contribution in [-0.2, 0) is 19.1 Å². The molecule has 7 atom stereocenters. The zero-order valence-electron chi connectivity index (χ0n) is 15.6. The third-order valence-corrected chi connectivity index (χ3v) is 6.61. The molecule has 0 unspecified atom stereocenters. The van der Waals surface area contributed by atoms with Crippen molar-refractivity contribution in [3.05, 3.63) is 35.5 Å². The Bertz CT molecular complexity index is 741. The first kappa shape index (κ1) is 20.1. The molecule has 0 aromatic rings. The number of allylic oxidation sites excluding steroid dienone is 1. The van der Waals surface area contributed by atoms with E-state index >= 15 is 0 Å². The van der Waals surface area contributed by atoms with Crippen molar-refractivity contribution < 1.29 is 29.3 Å². The van der Waals surface area contributed by atoms with Crippen molar-refractivity contribution in [1.82, 2.24) is 0 Å². The number of ether oxygens (including phenoxy) is 2. The van der Waals surface area contributed by atoms with E-state index in [9.17, 15) is 19.8 Å². The van der Waals surface area contributed by atoms with Gasteiger partial charge >= 0.3 is 11.9 Å². The number of rotatable bonds is 3. The number of carbonyl (C=O) groups excluding carboxylic acids is 2. The number of hydrogen-bond donors (Lipinski definition) is 2. The van der Waals surface area contributed by atoms with E-state index in [4.69, 9.17) is 21.1 Å². The normalized spacial score (nSPS) is 41.4. The Labute approximate surface area is 163 Å². The highest BCUT2D eigenvalue weighted by Gasteiger charge is 2.62. The van der Waals surface area contributed by atoms with Gasteiger partial charge < -0.3 is 19.7 Å². The lowest BCUT2D eigenvalue weighted by Gasteiger charge is -2.38. The maximum Gasteiger partial charge on any atom is 0.334 e. The second kappa shape index (κ2) is 7.08. The molecule has 2 aliphatic carbocycles. The van der Waals surface area contributed by atoms with Gasteiger partial charge in [-0.1, -0.05) is 24.3 Å². The van der Waals surface area contributed by atoms with Crippen molar-refractivity contribution >= 4 is 23.5 Å². The molecule has 1 aliphatic heterocycles. The molecule has 0 radical (unpaired) electrons. The predicted octanol–water partition coefficient (Wildman–Crippen LogP) is 1.89. The molecule has 6 nitrogen and oxygen atoms in total. The van der Waals surface area contributed by atoms with Gasteiger partial charge in [0.1, 0.15) is 12.2 Å². The highest BCUT2D eigenvalue weighted by atomic mass is 35.5. The minimum absolute atomic E-state index is 0.0184. The first-order chi connectivity index (χ1) is 12.6. The Morgan fingerprint density at radius 3 is 2.78 bits per heavy atom. The minimum Gasteiger partial charge on any atom is -0.458 e. The monoisotopic (exact) mass is 396 g/mol. The van der Waals surface area contributed by atoms with E-state index in [1.54, 1.807) is 26.0 Å². The third kappa shape index (κ3) is 3.13. The molecule has 0 aromatic carbocycles.